The number of aromatic nitrogens is 3. The van der Waals surface area contributed by atoms with Crippen LogP contribution in [0, 0.1) is 0 Å². The number of rotatable bonds is 7. The second-order valence-corrected chi connectivity index (χ2v) is 8.77. The van der Waals surface area contributed by atoms with Crippen molar-refractivity contribution in [1.82, 2.24) is 14.8 Å². The van der Waals surface area contributed by atoms with Crippen molar-refractivity contribution in [3.8, 4) is 10.7 Å². The lowest BCUT2D eigenvalue weighted by Crippen LogP contribution is -2.23. The van der Waals surface area contributed by atoms with Gasteiger partial charge < -0.3 is 9.88 Å². The van der Waals surface area contributed by atoms with E-state index in [1.807, 2.05) is 42.6 Å². The summed E-state index contributed by atoms with van der Waals surface area (Å²) in [5, 5.41) is 14.2. The van der Waals surface area contributed by atoms with E-state index < -0.39 is 0 Å². The summed E-state index contributed by atoms with van der Waals surface area (Å²) >= 11 is 3.07. The van der Waals surface area contributed by atoms with Gasteiger partial charge in [0.1, 0.15) is 0 Å². The van der Waals surface area contributed by atoms with Crippen molar-refractivity contribution < 1.29 is 4.79 Å². The van der Waals surface area contributed by atoms with E-state index in [0.29, 0.717) is 5.92 Å². The predicted octanol–water partition coefficient (Wildman–Crippen LogP) is 5.27. The Labute approximate surface area is 168 Å². The van der Waals surface area contributed by atoms with Crippen LogP contribution in [0.3, 0.4) is 0 Å². The van der Waals surface area contributed by atoms with Gasteiger partial charge in [-0.2, -0.15) is 0 Å². The van der Waals surface area contributed by atoms with E-state index in [2.05, 4.69) is 46.9 Å². The average Bonchev–Trinajstić information content (AvgIpc) is 3.31. The van der Waals surface area contributed by atoms with Gasteiger partial charge in [-0.05, 0) is 42.8 Å². The summed E-state index contributed by atoms with van der Waals surface area (Å²) in [5.74, 6) is 1.17. The highest BCUT2D eigenvalue weighted by Gasteiger charge is 2.21. The smallest absolute Gasteiger partial charge is 0.237 e. The maximum absolute atomic E-state index is 12.7. The summed E-state index contributed by atoms with van der Waals surface area (Å²) in [6.07, 6.45) is 0. The van der Waals surface area contributed by atoms with Gasteiger partial charge in [0.15, 0.2) is 11.0 Å². The molecule has 0 aliphatic rings. The third kappa shape index (κ3) is 4.42. The minimum absolute atomic E-state index is 0.0311. The number of carbonyl (C=O) groups is 1. The maximum atomic E-state index is 12.7. The first kappa shape index (κ1) is 19.6. The number of nitrogens with zero attached hydrogens (tertiary/aromatic N) is 3. The predicted molar refractivity (Wildman–Crippen MR) is 113 cm³/mol. The van der Waals surface area contributed by atoms with Crippen LogP contribution in [-0.4, -0.2) is 25.9 Å². The van der Waals surface area contributed by atoms with Crippen molar-refractivity contribution in [2.45, 2.75) is 50.6 Å². The fourth-order valence-electron chi connectivity index (χ4n) is 2.81. The summed E-state index contributed by atoms with van der Waals surface area (Å²) in [5.41, 5.74) is 2.01. The summed E-state index contributed by atoms with van der Waals surface area (Å²) in [4.78, 5) is 13.8. The molecule has 27 heavy (non-hydrogen) atoms. The highest BCUT2D eigenvalue weighted by molar-refractivity contribution is 8.00. The normalized spacial score (nSPS) is 12.3. The summed E-state index contributed by atoms with van der Waals surface area (Å²) < 4.78 is 2.06. The van der Waals surface area contributed by atoms with Crippen LogP contribution in [0.1, 0.15) is 39.2 Å². The molecular weight excluding hydrogens is 376 g/mol. The molecule has 1 aromatic carbocycles. The van der Waals surface area contributed by atoms with E-state index in [1.165, 1.54) is 11.8 Å². The second kappa shape index (κ2) is 8.71. The monoisotopic (exact) mass is 400 g/mol. The standard InChI is InChI=1S/C20H24N4OS2/c1-5-24-18(17-11-8-12-26-17)22-23-20(24)27-14(4)19(25)21-16-10-7-6-9-15(16)13(2)3/h6-14H,5H2,1-4H3,(H,21,25)/t14-/m1/s1. The van der Waals surface area contributed by atoms with E-state index >= 15 is 0 Å². The molecular formula is C20H24N4OS2. The molecule has 0 saturated carbocycles. The molecule has 0 unspecified atom stereocenters. The van der Waals surface area contributed by atoms with Gasteiger partial charge in [0, 0.05) is 12.2 Å². The van der Waals surface area contributed by atoms with Crippen LogP contribution in [0.25, 0.3) is 10.7 Å². The minimum Gasteiger partial charge on any atom is -0.325 e. The molecule has 142 valence electrons. The molecule has 1 N–H and O–H groups in total. The quantitative estimate of drug-likeness (QED) is 0.549. The van der Waals surface area contributed by atoms with Gasteiger partial charge in [-0.15, -0.1) is 21.5 Å². The van der Waals surface area contributed by atoms with Gasteiger partial charge in [0.2, 0.25) is 5.91 Å². The van der Waals surface area contributed by atoms with Gasteiger partial charge in [-0.25, -0.2) is 0 Å². The number of nitrogens with one attached hydrogen (secondary N) is 1. The van der Waals surface area contributed by atoms with Gasteiger partial charge in [-0.1, -0.05) is 49.9 Å². The Morgan fingerprint density at radius 1 is 1.19 bits per heavy atom. The molecule has 0 aliphatic heterocycles. The van der Waals surface area contributed by atoms with Crippen molar-refractivity contribution in [3.05, 3.63) is 47.3 Å². The molecule has 0 spiro atoms. The molecule has 0 bridgehead atoms. The molecule has 5 nitrogen and oxygen atoms in total. The highest BCUT2D eigenvalue weighted by Crippen LogP contribution is 2.30. The highest BCUT2D eigenvalue weighted by atomic mass is 32.2. The molecule has 3 aromatic rings. The Morgan fingerprint density at radius 2 is 1.96 bits per heavy atom. The summed E-state index contributed by atoms with van der Waals surface area (Å²) in [7, 11) is 0. The minimum atomic E-state index is -0.282. The van der Waals surface area contributed by atoms with Crippen LogP contribution in [0.5, 0.6) is 0 Å². The lowest BCUT2D eigenvalue weighted by atomic mass is 10.0. The Hall–Kier alpha value is -2.12. The van der Waals surface area contributed by atoms with Crippen molar-refractivity contribution >= 4 is 34.7 Å². The number of thiophene rings is 1. The number of carbonyl (C=O) groups excluding carboxylic acids is 1. The molecule has 0 saturated heterocycles. The second-order valence-electron chi connectivity index (χ2n) is 6.52. The van der Waals surface area contributed by atoms with E-state index in [0.717, 1.165) is 33.7 Å². The Morgan fingerprint density at radius 3 is 2.63 bits per heavy atom. The number of hydrogen-bond donors (Lipinski definition) is 1. The zero-order valence-corrected chi connectivity index (χ0v) is 17.6. The number of hydrogen-bond acceptors (Lipinski definition) is 5. The topological polar surface area (TPSA) is 59.8 Å². The molecule has 1 amide bonds. The lowest BCUT2D eigenvalue weighted by Gasteiger charge is -2.16. The van der Waals surface area contributed by atoms with Gasteiger partial charge >= 0.3 is 0 Å². The zero-order chi connectivity index (χ0) is 19.4. The largest absolute Gasteiger partial charge is 0.325 e. The first-order chi connectivity index (χ1) is 13.0. The third-order valence-corrected chi connectivity index (χ3v) is 6.21. The number of benzene rings is 1. The number of thioether (sulfide) groups is 1. The van der Waals surface area contributed by atoms with E-state index in [1.54, 1.807) is 11.3 Å². The summed E-state index contributed by atoms with van der Waals surface area (Å²) in [6, 6.07) is 12.0. The van der Waals surface area contributed by atoms with Crippen molar-refractivity contribution in [2.75, 3.05) is 5.32 Å². The number of para-hydroxylation sites is 1. The van der Waals surface area contributed by atoms with Gasteiger partial charge in [0.25, 0.3) is 0 Å². The van der Waals surface area contributed by atoms with Crippen LogP contribution < -0.4 is 5.32 Å². The van der Waals surface area contributed by atoms with Crippen molar-refractivity contribution in [1.29, 1.82) is 0 Å². The van der Waals surface area contributed by atoms with Gasteiger partial charge in [-0.3, -0.25) is 4.79 Å². The van der Waals surface area contributed by atoms with E-state index in [9.17, 15) is 4.79 Å². The van der Waals surface area contributed by atoms with E-state index in [-0.39, 0.29) is 11.2 Å². The van der Waals surface area contributed by atoms with Crippen LogP contribution in [0.2, 0.25) is 0 Å². The Kier molecular flexibility index (Phi) is 6.34. The fourth-order valence-corrected chi connectivity index (χ4v) is 4.44. The van der Waals surface area contributed by atoms with Crippen molar-refractivity contribution in [3.63, 3.8) is 0 Å². The number of amides is 1. The first-order valence-electron chi connectivity index (χ1n) is 9.04. The SMILES string of the molecule is CCn1c(S[C@H](C)C(=O)Nc2ccccc2C(C)C)nnc1-c1cccs1. The Balaban J connectivity index is 1.74. The van der Waals surface area contributed by atoms with E-state index in [4.69, 9.17) is 0 Å². The zero-order valence-electron chi connectivity index (χ0n) is 16.0. The molecule has 1 atom stereocenters. The van der Waals surface area contributed by atoms with Crippen LogP contribution in [-0.2, 0) is 11.3 Å². The van der Waals surface area contributed by atoms with Gasteiger partial charge in [0.05, 0.1) is 10.1 Å². The molecule has 7 heteroatoms. The summed E-state index contributed by atoms with van der Waals surface area (Å²) in [6.45, 7) is 8.97. The first-order valence-corrected chi connectivity index (χ1v) is 10.8. The molecule has 0 aliphatic carbocycles. The maximum Gasteiger partial charge on any atom is 0.237 e. The third-order valence-electron chi connectivity index (χ3n) is 4.27. The van der Waals surface area contributed by atoms with Crippen molar-refractivity contribution in [2.24, 2.45) is 0 Å². The lowest BCUT2D eigenvalue weighted by molar-refractivity contribution is -0.115. The fraction of sp³-hybridized carbons (Fsp3) is 0.350. The molecule has 3 rings (SSSR count). The molecule has 2 heterocycles. The average molecular weight is 401 g/mol. The van der Waals surface area contributed by atoms with Crippen LogP contribution in [0.4, 0.5) is 5.69 Å². The molecule has 0 fully saturated rings. The number of anilines is 1. The Bertz CT molecular complexity index is 903. The molecule has 0 radical (unpaired) electrons. The molecule has 2 aromatic heterocycles. The van der Waals surface area contributed by atoms with Crippen LogP contribution >= 0.6 is 23.1 Å². The van der Waals surface area contributed by atoms with Crippen LogP contribution in [0.15, 0.2) is 46.9 Å².